The zero-order chi connectivity index (χ0) is 27.1. The van der Waals surface area contributed by atoms with Crippen molar-refractivity contribution in [2.75, 3.05) is 13.7 Å². The van der Waals surface area contributed by atoms with Gasteiger partial charge < -0.3 is 9.47 Å². The van der Waals surface area contributed by atoms with Gasteiger partial charge in [-0.2, -0.15) is 0 Å². The van der Waals surface area contributed by atoms with E-state index >= 15 is 4.39 Å². The van der Waals surface area contributed by atoms with Crippen molar-refractivity contribution in [3.05, 3.63) is 101 Å². The Hall–Kier alpha value is -3.59. The third-order valence-electron chi connectivity index (χ3n) is 6.21. The number of rotatable bonds is 11. The van der Waals surface area contributed by atoms with Gasteiger partial charge in [0.2, 0.25) is 0 Å². The van der Waals surface area contributed by atoms with Crippen LogP contribution in [0.25, 0.3) is 10.8 Å². The van der Waals surface area contributed by atoms with E-state index in [9.17, 15) is 17.6 Å². The predicted octanol–water partition coefficient (Wildman–Crippen LogP) is 6.96. The summed E-state index contributed by atoms with van der Waals surface area (Å²) in [6.07, 6.45) is 2.39. The van der Waals surface area contributed by atoms with Crippen LogP contribution in [0, 0.1) is 11.6 Å². The molecule has 0 saturated heterocycles. The van der Waals surface area contributed by atoms with E-state index in [1.807, 2.05) is 30.6 Å². The van der Waals surface area contributed by atoms with Crippen molar-refractivity contribution in [3.8, 4) is 5.75 Å². The first-order valence-electron chi connectivity index (χ1n) is 12.2. The number of benzene rings is 3. The highest BCUT2D eigenvalue weighted by atomic mass is 19.4. The van der Waals surface area contributed by atoms with E-state index in [-0.39, 0.29) is 18.7 Å². The van der Waals surface area contributed by atoms with E-state index in [1.165, 1.54) is 6.07 Å². The first-order valence-corrected chi connectivity index (χ1v) is 12.2. The van der Waals surface area contributed by atoms with Gasteiger partial charge in [-0.1, -0.05) is 36.4 Å². The summed E-state index contributed by atoms with van der Waals surface area (Å²) in [4.78, 5) is 8.88. The van der Waals surface area contributed by atoms with Gasteiger partial charge in [-0.3, -0.25) is 0 Å². The fourth-order valence-corrected chi connectivity index (χ4v) is 4.24. The Morgan fingerprint density at radius 1 is 0.763 bits per heavy atom. The van der Waals surface area contributed by atoms with Crippen LogP contribution in [0.1, 0.15) is 34.5 Å². The lowest BCUT2D eigenvalue weighted by atomic mass is 9.98. The van der Waals surface area contributed by atoms with Gasteiger partial charge in [0.25, 0.3) is 0 Å². The molecule has 4 nitrogen and oxygen atoms in total. The molecule has 3 aromatic carbocycles. The van der Waals surface area contributed by atoms with Crippen molar-refractivity contribution in [3.63, 3.8) is 0 Å². The SMILES string of the molecule is COCCCc1cnc(CCc2ccc3c(F)c(CCc4ccc(OC(F)(F)F)c(F)c4)ccc3c2)nc1. The van der Waals surface area contributed by atoms with Crippen LogP contribution in [0.5, 0.6) is 5.75 Å². The van der Waals surface area contributed by atoms with Crippen molar-refractivity contribution >= 4 is 10.8 Å². The molecular formula is C29H27F5N2O2. The Balaban J connectivity index is 1.37. The number of hydrogen-bond acceptors (Lipinski definition) is 4. The Kier molecular flexibility index (Phi) is 8.89. The summed E-state index contributed by atoms with van der Waals surface area (Å²) < 4.78 is 74.8. The average Bonchev–Trinajstić information content (AvgIpc) is 2.89. The minimum absolute atomic E-state index is 0.259. The first kappa shape index (κ1) is 27.4. The van der Waals surface area contributed by atoms with Crippen LogP contribution in [0.15, 0.2) is 60.9 Å². The van der Waals surface area contributed by atoms with Crippen molar-refractivity contribution in [2.45, 2.75) is 44.9 Å². The maximum absolute atomic E-state index is 15.2. The topological polar surface area (TPSA) is 44.2 Å². The van der Waals surface area contributed by atoms with Crippen molar-refractivity contribution < 1.29 is 31.4 Å². The third kappa shape index (κ3) is 7.47. The van der Waals surface area contributed by atoms with Gasteiger partial charge in [-0.05, 0) is 71.9 Å². The summed E-state index contributed by atoms with van der Waals surface area (Å²) in [7, 11) is 1.68. The number of alkyl halides is 3. The van der Waals surface area contributed by atoms with Gasteiger partial charge in [0.05, 0.1) is 0 Å². The van der Waals surface area contributed by atoms with E-state index in [2.05, 4.69) is 14.7 Å². The Morgan fingerprint density at radius 3 is 2.18 bits per heavy atom. The number of nitrogens with zero attached hydrogens (tertiary/aromatic N) is 2. The van der Waals surface area contributed by atoms with Crippen molar-refractivity contribution in [1.82, 2.24) is 9.97 Å². The lowest BCUT2D eigenvalue weighted by Gasteiger charge is -2.11. The number of aromatic nitrogens is 2. The van der Waals surface area contributed by atoms with Crippen LogP contribution in [0.4, 0.5) is 22.0 Å². The summed E-state index contributed by atoms with van der Waals surface area (Å²) in [6.45, 7) is 0.698. The molecule has 0 N–H and O–H groups in total. The van der Waals surface area contributed by atoms with E-state index in [0.29, 0.717) is 36.0 Å². The van der Waals surface area contributed by atoms with Gasteiger partial charge >= 0.3 is 6.36 Å². The molecule has 0 spiro atoms. The molecule has 0 saturated carbocycles. The summed E-state index contributed by atoms with van der Waals surface area (Å²) >= 11 is 0. The molecule has 0 bridgehead atoms. The Bertz CT molecular complexity index is 1370. The summed E-state index contributed by atoms with van der Waals surface area (Å²) in [5.41, 5.74) is 2.99. The molecule has 0 radical (unpaired) electrons. The largest absolute Gasteiger partial charge is 0.573 e. The van der Waals surface area contributed by atoms with Gasteiger partial charge in [-0.15, -0.1) is 13.2 Å². The molecule has 0 aliphatic carbocycles. The van der Waals surface area contributed by atoms with E-state index in [4.69, 9.17) is 4.74 Å². The van der Waals surface area contributed by atoms with Gasteiger partial charge in [0.15, 0.2) is 11.6 Å². The number of halogens is 5. The Morgan fingerprint density at radius 2 is 1.47 bits per heavy atom. The van der Waals surface area contributed by atoms with E-state index in [0.717, 1.165) is 47.3 Å². The molecule has 0 aliphatic heterocycles. The highest BCUT2D eigenvalue weighted by molar-refractivity contribution is 5.84. The number of fused-ring (bicyclic) bond motifs is 1. The molecule has 4 aromatic rings. The van der Waals surface area contributed by atoms with Crippen molar-refractivity contribution in [1.29, 1.82) is 0 Å². The second kappa shape index (κ2) is 12.3. The third-order valence-corrected chi connectivity index (χ3v) is 6.21. The molecule has 0 aliphatic rings. The molecule has 0 fully saturated rings. The maximum Gasteiger partial charge on any atom is 0.573 e. The standard InChI is InChI=1S/C29H27F5N2O2/c1-37-14-2-3-21-17-35-27(36-18-21)13-7-19-5-11-24-23(15-19)10-9-22(28(24)31)8-4-20-6-12-26(25(30)16-20)38-29(32,33)34/h5-6,9-12,15-18H,2-4,7-8,13-14H2,1H3. The van der Waals surface area contributed by atoms with E-state index in [1.54, 1.807) is 19.2 Å². The zero-order valence-corrected chi connectivity index (χ0v) is 20.8. The predicted molar refractivity (Wildman–Crippen MR) is 134 cm³/mol. The quantitative estimate of drug-likeness (QED) is 0.155. The molecular weight excluding hydrogens is 503 g/mol. The fourth-order valence-electron chi connectivity index (χ4n) is 4.24. The summed E-state index contributed by atoms with van der Waals surface area (Å²) in [5.74, 6) is -1.62. The second-order valence-corrected chi connectivity index (χ2v) is 9.01. The molecule has 200 valence electrons. The molecule has 38 heavy (non-hydrogen) atoms. The Labute approximate surface area is 217 Å². The van der Waals surface area contributed by atoms with Gasteiger partial charge in [0.1, 0.15) is 11.6 Å². The van der Waals surface area contributed by atoms with Crippen LogP contribution in [0.3, 0.4) is 0 Å². The lowest BCUT2D eigenvalue weighted by Crippen LogP contribution is -2.18. The summed E-state index contributed by atoms with van der Waals surface area (Å²) in [6, 6.07) is 12.3. The normalized spacial score (nSPS) is 11.7. The monoisotopic (exact) mass is 530 g/mol. The van der Waals surface area contributed by atoms with Crippen LogP contribution in [0.2, 0.25) is 0 Å². The minimum Gasteiger partial charge on any atom is -0.403 e. The highest BCUT2D eigenvalue weighted by Gasteiger charge is 2.32. The number of aryl methyl sites for hydroxylation is 5. The van der Waals surface area contributed by atoms with Gasteiger partial charge in [0, 0.05) is 37.9 Å². The van der Waals surface area contributed by atoms with Crippen LogP contribution < -0.4 is 4.74 Å². The number of methoxy groups -OCH3 is 1. The average molecular weight is 531 g/mol. The van der Waals surface area contributed by atoms with Crippen LogP contribution >= 0.6 is 0 Å². The van der Waals surface area contributed by atoms with E-state index < -0.39 is 17.9 Å². The first-order chi connectivity index (χ1) is 18.2. The molecule has 4 rings (SSSR count). The van der Waals surface area contributed by atoms with Crippen molar-refractivity contribution in [2.24, 2.45) is 0 Å². The smallest absolute Gasteiger partial charge is 0.403 e. The lowest BCUT2D eigenvalue weighted by molar-refractivity contribution is -0.275. The molecule has 9 heteroatoms. The molecule has 0 atom stereocenters. The number of hydrogen-bond donors (Lipinski definition) is 0. The summed E-state index contributed by atoms with van der Waals surface area (Å²) in [5, 5.41) is 1.24. The molecule has 1 aromatic heterocycles. The molecule has 0 amide bonds. The molecule has 1 heterocycles. The van der Waals surface area contributed by atoms with Crippen LogP contribution in [-0.2, 0) is 36.8 Å². The minimum atomic E-state index is -4.97. The highest BCUT2D eigenvalue weighted by Crippen LogP contribution is 2.28. The molecule has 0 unspecified atom stereocenters. The maximum atomic E-state index is 15.2. The van der Waals surface area contributed by atoms with Gasteiger partial charge in [-0.25, -0.2) is 18.7 Å². The fraction of sp³-hybridized carbons (Fsp3) is 0.310. The number of ether oxygens (including phenoxy) is 2. The van der Waals surface area contributed by atoms with Crippen LogP contribution in [-0.4, -0.2) is 30.0 Å². The zero-order valence-electron chi connectivity index (χ0n) is 20.8. The second-order valence-electron chi connectivity index (χ2n) is 9.01.